The molecule has 0 aromatic heterocycles. The molecule has 1 aliphatic rings. The van der Waals surface area contributed by atoms with Crippen molar-refractivity contribution in [3.8, 4) is 0 Å². The molecule has 0 aliphatic heterocycles. The molecule has 0 spiro atoms. The highest BCUT2D eigenvalue weighted by Crippen LogP contribution is 2.30. The molecule has 5 nitrogen and oxygen atoms in total. The van der Waals surface area contributed by atoms with Gasteiger partial charge in [-0.25, -0.2) is 0 Å². The van der Waals surface area contributed by atoms with Crippen LogP contribution in [0.3, 0.4) is 0 Å². The second-order valence-corrected chi connectivity index (χ2v) is 7.65. The number of amides is 2. The van der Waals surface area contributed by atoms with Gasteiger partial charge in [0.15, 0.2) is 0 Å². The van der Waals surface area contributed by atoms with Crippen LogP contribution in [0.15, 0.2) is 48.5 Å². The Labute approximate surface area is 149 Å². The van der Waals surface area contributed by atoms with E-state index in [-0.39, 0.29) is 17.7 Å². The summed E-state index contributed by atoms with van der Waals surface area (Å²) in [6.45, 7) is 0. The molecule has 0 heterocycles. The van der Waals surface area contributed by atoms with Crippen molar-refractivity contribution in [3.63, 3.8) is 0 Å². The van der Waals surface area contributed by atoms with E-state index in [1.807, 2.05) is 6.07 Å². The van der Waals surface area contributed by atoms with Crippen LogP contribution in [0.5, 0.6) is 0 Å². The van der Waals surface area contributed by atoms with E-state index in [4.69, 9.17) is 0 Å². The first-order chi connectivity index (χ1) is 12.0. The van der Waals surface area contributed by atoms with E-state index in [2.05, 4.69) is 10.6 Å². The highest BCUT2D eigenvalue weighted by Gasteiger charge is 2.29. The third-order valence-electron chi connectivity index (χ3n) is 3.90. The highest BCUT2D eigenvalue weighted by molar-refractivity contribution is 7.83. The lowest BCUT2D eigenvalue weighted by Gasteiger charge is -2.09. The van der Waals surface area contributed by atoms with E-state index < -0.39 is 10.8 Å². The van der Waals surface area contributed by atoms with Gasteiger partial charge in [-0.2, -0.15) is 0 Å². The molecule has 25 heavy (non-hydrogen) atoms. The lowest BCUT2D eigenvalue weighted by atomic mass is 10.1. The van der Waals surface area contributed by atoms with E-state index in [9.17, 15) is 13.8 Å². The van der Waals surface area contributed by atoms with Gasteiger partial charge in [-0.05, 0) is 48.7 Å². The molecular formula is C19H20N2O3S. The number of nitrogens with one attached hydrogen (secondary N) is 2. The van der Waals surface area contributed by atoms with Crippen LogP contribution in [0.1, 0.15) is 28.8 Å². The second kappa shape index (κ2) is 7.61. The second-order valence-electron chi connectivity index (χ2n) is 6.22. The monoisotopic (exact) mass is 356 g/mol. The maximum absolute atomic E-state index is 12.4. The van der Waals surface area contributed by atoms with Crippen molar-refractivity contribution in [3.05, 3.63) is 59.7 Å². The Balaban J connectivity index is 1.68. The molecule has 0 bridgehead atoms. The molecule has 130 valence electrons. The topological polar surface area (TPSA) is 75.3 Å². The zero-order valence-electron chi connectivity index (χ0n) is 14.0. The Hall–Kier alpha value is -2.47. The number of anilines is 2. The van der Waals surface area contributed by atoms with Gasteiger partial charge >= 0.3 is 0 Å². The Bertz CT molecular complexity index is 831. The molecule has 2 aromatic carbocycles. The fraction of sp³-hybridized carbons (Fsp3) is 0.263. The maximum atomic E-state index is 12.4. The predicted molar refractivity (Wildman–Crippen MR) is 100.0 cm³/mol. The zero-order chi connectivity index (χ0) is 17.8. The number of hydrogen-bond donors (Lipinski definition) is 2. The van der Waals surface area contributed by atoms with Crippen molar-refractivity contribution in [2.24, 2.45) is 5.92 Å². The van der Waals surface area contributed by atoms with E-state index in [1.54, 1.807) is 48.7 Å². The summed E-state index contributed by atoms with van der Waals surface area (Å²) in [6, 6.07) is 14.2. The number of carbonyl (C=O) groups excluding carboxylic acids is 2. The molecule has 2 aromatic rings. The summed E-state index contributed by atoms with van der Waals surface area (Å²) in [4.78, 5) is 24.3. The van der Waals surface area contributed by atoms with Crippen molar-refractivity contribution in [2.45, 2.75) is 18.6 Å². The zero-order valence-corrected chi connectivity index (χ0v) is 14.8. The molecule has 2 N–H and O–H groups in total. The Morgan fingerprint density at radius 3 is 2.40 bits per heavy atom. The molecule has 0 saturated heterocycles. The van der Waals surface area contributed by atoms with Crippen molar-refractivity contribution in [1.29, 1.82) is 0 Å². The molecule has 1 saturated carbocycles. The summed E-state index contributed by atoms with van der Waals surface area (Å²) in [5, 5.41) is 5.70. The fourth-order valence-corrected chi connectivity index (χ4v) is 3.15. The first-order valence-corrected chi connectivity index (χ1v) is 9.85. The molecule has 1 unspecified atom stereocenters. The van der Waals surface area contributed by atoms with Gasteiger partial charge in [-0.1, -0.05) is 18.2 Å². The Morgan fingerprint density at radius 2 is 1.72 bits per heavy atom. The Morgan fingerprint density at radius 1 is 1.04 bits per heavy atom. The Kier molecular flexibility index (Phi) is 5.28. The predicted octanol–water partition coefficient (Wildman–Crippen LogP) is 3.17. The van der Waals surface area contributed by atoms with Gasteiger partial charge in [0.1, 0.15) is 0 Å². The van der Waals surface area contributed by atoms with Gasteiger partial charge in [0.05, 0.1) is 0 Å². The highest BCUT2D eigenvalue weighted by atomic mass is 32.2. The number of rotatable bonds is 6. The lowest BCUT2D eigenvalue weighted by Crippen LogP contribution is -2.15. The minimum Gasteiger partial charge on any atom is -0.326 e. The van der Waals surface area contributed by atoms with Crippen molar-refractivity contribution in [2.75, 3.05) is 16.9 Å². The molecule has 1 atom stereocenters. The van der Waals surface area contributed by atoms with Gasteiger partial charge in [0.2, 0.25) is 5.91 Å². The number of benzene rings is 2. The van der Waals surface area contributed by atoms with Crippen molar-refractivity contribution in [1.82, 2.24) is 0 Å². The molecule has 3 rings (SSSR count). The molecule has 6 heteroatoms. The molecular weight excluding hydrogens is 336 g/mol. The van der Waals surface area contributed by atoms with Crippen LogP contribution in [0.2, 0.25) is 0 Å². The normalized spacial score (nSPS) is 14.6. The lowest BCUT2D eigenvalue weighted by molar-refractivity contribution is -0.117. The van der Waals surface area contributed by atoms with Crippen LogP contribution in [-0.4, -0.2) is 22.3 Å². The molecule has 2 amide bonds. The van der Waals surface area contributed by atoms with Crippen LogP contribution in [0.4, 0.5) is 11.4 Å². The quantitative estimate of drug-likeness (QED) is 0.835. The van der Waals surface area contributed by atoms with E-state index >= 15 is 0 Å². The third kappa shape index (κ3) is 5.00. The molecule has 0 radical (unpaired) electrons. The number of carbonyl (C=O) groups is 2. The largest absolute Gasteiger partial charge is 0.326 e. The smallest absolute Gasteiger partial charge is 0.255 e. The maximum Gasteiger partial charge on any atom is 0.255 e. The summed E-state index contributed by atoms with van der Waals surface area (Å²) < 4.78 is 11.3. The third-order valence-corrected chi connectivity index (χ3v) is 4.64. The van der Waals surface area contributed by atoms with Crippen LogP contribution in [-0.2, 0) is 21.3 Å². The van der Waals surface area contributed by atoms with Crippen LogP contribution in [0.25, 0.3) is 0 Å². The molecule has 1 aliphatic carbocycles. The van der Waals surface area contributed by atoms with Crippen LogP contribution < -0.4 is 10.6 Å². The van der Waals surface area contributed by atoms with Gasteiger partial charge < -0.3 is 10.6 Å². The first-order valence-electron chi connectivity index (χ1n) is 8.12. The summed E-state index contributed by atoms with van der Waals surface area (Å²) in [6.07, 6.45) is 3.52. The van der Waals surface area contributed by atoms with Crippen LogP contribution in [0, 0.1) is 5.92 Å². The van der Waals surface area contributed by atoms with Gasteiger partial charge in [0, 0.05) is 45.7 Å². The van der Waals surface area contributed by atoms with E-state index in [0.29, 0.717) is 22.7 Å². The first kappa shape index (κ1) is 17.4. The average molecular weight is 356 g/mol. The van der Waals surface area contributed by atoms with Crippen molar-refractivity contribution >= 4 is 34.0 Å². The van der Waals surface area contributed by atoms with E-state index in [1.165, 1.54) is 0 Å². The van der Waals surface area contributed by atoms with Crippen molar-refractivity contribution < 1.29 is 13.8 Å². The fourth-order valence-electron chi connectivity index (χ4n) is 2.50. The van der Waals surface area contributed by atoms with Gasteiger partial charge in [-0.3, -0.25) is 13.8 Å². The van der Waals surface area contributed by atoms with Crippen LogP contribution >= 0.6 is 0 Å². The minimum absolute atomic E-state index is 0.0312. The summed E-state index contributed by atoms with van der Waals surface area (Å²) in [5.74, 6) is 0.340. The minimum atomic E-state index is -0.956. The SMILES string of the molecule is CS(=O)Cc1cccc(C(=O)Nc2cccc(NC(=O)C3CC3)c2)c1. The number of hydrogen-bond acceptors (Lipinski definition) is 3. The van der Waals surface area contributed by atoms with E-state index in [0.717, 1.165) is 18.4 Å². The molecule has 1 fully saturated rings. The average Bonchev–Trinajstić information content (AvgIpc) is 3.40. The summed E-state index contributed by atoms with van der Waals surface area (Å²) >= 11 is 0. The van der Waals surface area contributed by atoms with Gasteiger partial charge in [-0.15, -0.1) is 0 Å². The summed E-state index contributed by atoms with van der Waals surface area (Å²) in [5.41, 5.74) is 2.65. The summed E-state index contributed by atoms with van der Waals surface area (Å²) in [7, 11) is -0.956. The van der Waals surface area contributed by atoms with Gasteiger partial charge in [0.25, 0.3) is 5.91 Å². The standard InChI is InChI=1S/C19H20N2O3S/c1-25(24)12-13-4-2-5-15(10-13)19(23)21-17-7-3-6-16(11-17)20-18(22)14-8-9-14/h2-7,10-11,14H,8-9,12H2,1H3,(H,20,22)(H,21,23).